The zero-order valence-corrected chi connectivity index (χ0v) is 17.1. The topological polar surface area (TPSA) is 41.9 Å². The molecule has 0 aliphatic rings. The van der Waals surface area contributed by atoms with Gasteiger partial charge < -0.3 is 10.6 Å². The molecule has 4 nitrogen and oxygen atoms in total. The van der Waals surface area contributed by atoms with E-state index >= 15 is 0 Å². The van der Waals surface area contributed by atoms with Crippen LogP contribution in [0.3, 0.4) is 0 Å². The van der Waals surface area contributed by atoms with Crippen LogP contribution in [0, 0.1) is 12.7 Å². The molecule has 0 aliphatic heterocycles. The number of hydrogen-bond donors (Lipinski definition) is 2. The van der Waals surface area contributed by atoms with E-state index in [0.29, 0.717) is 31.6 Å². The number of hydrogen-bond acceptors (Lipinski definition) is 2. The van der Waals surface area contributed by atoms with Crippen molar-refractivity contribution in [2.45, 2.75) is 13.5 Å². The van der Waals surface area contributed by atoms with Crippen LogP contribution in [0.25, 0.3) is 0 Å². The fourth-order valence-electron chi connectivity index (χ4n) is 2.35. The third kappa shape index (κ3) is 4.90. The van der Waals surface area contributed by atoms with Crippen molar-refractivity contribution in [1.82, 2.24) is 9.78 Å². The fraction of sp³-hybridized carbons (Fsp3) is 0.111. The third-order valence-corrected chi connectivity index (χ3v) is 5.00. The highest BCUT2D eigenvalue weighted by Gasteiger charge is 2.13. The third-order valence-electron chi connectivity index (χ3n) is 3.76. The number of aryl methyl sites for hydroxylation is 1. The lowest BCUT2D eigenvalue weighted by molar-refractivity contribution is 0.586. The Balaban J connectivity index is 1.71. The van der Waals surface area contributed by atoms with Gasteiger partial charge in [0.1, 0.15) is 10.8 Å². The quantitative estimate of drug-likeness (QED) is 0.475. The minimum Gasteiger partial charge on any atom is -0.332 e. The molecule has 1 heterocycles. The van der Waals surface area contributed by atoms with E-state index in [0.717, 1.165) is 11.3 Å². The van der Waals surface area contributed by atoms with Gasteiger partial charge in [0.25, 0.3) is 0 Å². The molecule has 9 heteroatoms. The number of thiocarbonyl (C=S) groups is 1. The van der Waals surface area contributed by atoms with Gasteiger partial charge in [-0.25, -0.2) is 4.39 Å². The summed E-state index contributed by atoms with van der Waals surface area (Å²) >= 11 is 23.6. The number of rotatable bonds is 4. The van der Waals surface area contributed by atoms with E-state index < -0.39 is 5.82 Å². The first kappa shape index (κ1) is 19.9. The molecule has 0 bridgehead atoms. The highest BCUT2D eigenvalue weighted by atomic mass is 35.5. The summed E-state index contributed by atoms with van der Waals surface area (Å²) in [5.74, 6) is -0.0584. The summed E-state index contributed by atoms with van der Waals surface area (Å²) in [5.41, 5.74) is 2.03. The van der Waals surface area contributed by atoms with Crippen molar-refractivity contribution in [3.63, 3.8) is 0 Å². The van der Waals surface area contributed by atoms with Gasteiger partial charge in [0.15, 0.2) is 10.9 Å². The van der Waals surface area contributed by atoms with Gasteiger partial charge in [-0.05, 0) is 49.0 Å². The van der Waals surface area contributed by atoms with Gasteiger partial charge in [-0.1, -0.05) is 46.9 Å². The van der Waals surface area contributed by atoms with E-state index in [1.165, 1.54) is 10.7 Å². The molecule has 27 heavy (non-hydrogen) atoms. The Labute approximate surface area is 176 Å². The molecule has 3 aromatic rings. The molecule has 0 amide bonds. The second-order valence-corrected chi connectivity index (χ2v) is 7.40. The van der Waals surface area contributed by atoms with Crippen molar-refractivity contribution in [3.05, 3.63) is 74.6 Å². The van der Waals surface area contributed by atoms with Crippen LogP contribution in [0.2, 0.25) is 15.1 Å². The summed E-state index contributed by atoms with van der Waals surface area (Å²) in [6.07, 6.45) is 1.57. The lowest BCUT2D eigenvalue weighted by atomic mass is 10.2. The van der Waals surface area contributed by atoms with Crippen LogP contribution in [-0.2, 0) is 6.54 Å². The maximum Gasteiger partial charge on any atom is 0.176 e. The molecule has 0 aliphatic carbocycles. The van der Waals surface area contributed by atoms with Crippen LogP contribution in [-0.4, -0.2) is 14.9 Å². The number of anilines is 2. The van der Waals surface area contributed by atoms with E-state index in [-0.39, 0.29) is 6.54 Å². The maximum atomic E-state index is 13.9. The number of nitrogens with zero attached hydrogens (tertiary/aromatic N) is 2. The summed E-state index contributed by atoms with van der Waals surface area (Å²) in [6.45, 7) is 2.05. The molecule has 1 aromatic heterocycles. The molecular weight excluding hydrogens is 430 g/mol. The summed E-state index contributed by atoms with van der Waals surface area (Å²) < 4.78 is 15.4. The van der Waals surface area contributed by atoms with Crippen LogP contribution in [0.15, 0.2) is 42.6 Å². The van der Waals surface area contributed by atoms with Crippen molar-refractivity contribution in [2.75, 3.05) is 10.6 Å². The molecule has 0 unspecified atom stereocenters. The van der Waals surface area contributed by atoms with Gasteiger partial charge in [0, 0.05) is 27.5 Å². The van der Waals surface area contributed by atoms with Crippen LogP contribution in [0.1, 0.15) is 11.1 Å². The van der Waals surface area contributed by atoms with Gasteiger partial charge >= 0.3 is 0 Å². The van der Waals surface area contributed by atoms with Crippen LogP contribution in [0.4, 0.5) is 15.9 Å². The molecule has 0 fully saturated rings. The molecule has 0 radical (unpaired) electrons. The van der Waals surface area contributed by atoms with E-state index in [1.54, 1.807) is 24.4 Å². The standard InChI is InChI=1S/C18H14Cl3FN4S/c1-10-5-6-11(7-14(10)20)23-18(27)24-17-15(21)9-26(25-17)8-12-13(19)3-2-4-16(12)22/h2-7,9H,8H2,1H3,(H2,23,24,25,27). The monoisotopic (exact) mass is 442 g/mol. The number of aromatic nitrogens is 2. The molecule has 3 rings (SSSR count). The molecule has 2 aromatic carbocycles. The van der Waals surface area contributed by atoms with Gasteiger partial charge in [0.2, 0.25) is 0 Å². The van der Waals surface area contributed by atoms with Crippen molar-refractivity contribution < 1.29 is 4.39 Å². The van der Waals surface area contributed by atoms with Crippen LogP contribution < -0.4 is 10.6 Å². The van der Waals surface area contributed by atoms with E-state index in [9.17, 15) is 4.39 Å². The average molecular weight is 444 g/mol. The maximum absolute atomic E-state index is 13.9. The predicted octanol–water partition coefficient (Wildman–Crippen LogP) is 6.15. The first-order valence-electron chi connectivity index (χ1n) is 7.83. The van der Waals surface area contributed by atoms with Gasteiger partial charge in [-0.2, -0.15) is 5.10 Å². The Morgan fingerprint density at radius 2 is 1.89 bits per heavy atom. The van der Waals surface area contributed by atoms with Crippen molar-refractivity contribution >= 4 is 63.6 Å². The van der Waals surface area contributed by atoms with Crippen LogP contribution >= 0.6 is 47.0 Å². The Kier molecular flexibility index (Phi) is 6.22. The lowest BCUT2D eigenvalue weighted by Gasteiger charge is -2.10. The van der Waals surface area contributed by atoms with Gasteiger partial charge in [0.05, 0.1) is 6.54 Å². The second kappa shape index (κ2) is 8.44. The summed E-state index contributed by atoms with van der Waals surface area (Å²) in [5, 5.41) is 11.8. The highest BCUT2D eigenvalue weighted by Crippen LogP contribution is 2.24. The molecular formula is C18H14Cl3FN4S. The first-order valence-corrected chi connectivity index (χ1v) is 9.37. The minimum absolute atomic E-state index is 0.140. The van der Waals surface area contributed by atoms with Gasteiger partial charge in [-0.3, -0.25) is 4.68 Å². The Bertz CT molecular complexity index is 986. The van der Waals surface area contributed by atoms with E-state index in [1.807, 2.05) is 19.1 Å². The van der Waals surface area contributed by atoms with Crippen molar-refractivity contribution in [2.24, 2.45) is 0 Å². The largest absolute Gasteiger partial charge is 0.332 e. The van der Waals surface area contributed by atoms with Crippen LogP contribution in [0.5, 0.6) is 0 Å². The normalized spacial score (nSPS) is 10.7. The summed E-state index contributed by atoms with van der Waals surface area (Å²) in [6, 6.07) is 10.0. The van der Waals surface area contributed by atoms with Crippen molar-refractivity contribution in [3.8, 4) is 0 Å². The van der Waals surface area contributed by atoms with Gasteiger partial charge in [-0.15, -0.1) is 0 Å². The Hall–Kier alpha value is -1.86. The summed E-state index contributed by atoms with van der Waals surface area (Å²) in [7, 11) is 0. The minimum atomic E-state index is -0.405. The fourth-order valence-corrected chi connectivity index (χ4v) is 3.16. The molecule has 140 valence electrons. The second-order valence-electron chi connectivity index (χ2n) is 5.77. The lowest BCUT2D eigenvalue weighted by Crippen LogP contribution is -2.19. The zero-order valence-electron chi connectivity index (χ0n) is 14.1. The Morgan fingerprint density at radius 3 is 2.59 bits per heavy atom. The summed E-state index contributed by atoms with van der Waals surface area (Å²) in [4.78, 5) is 0. The number of halogens is 4. The van der Waals surface area contributed by atoms with Crippen molar-refractivity contribution in [1.29, 1.82) is 0 Å². The Morgan fingerprint density at radius 1 is 1.11 bits per heavy atom. The number of nitrogens with one attached hydrogen (secondary N) is 2. The zero-order chi connectivity index (χ0) is 19.6. The molecule has 2 N–H and O–H groups in total. The predicted molar refractivity (Wildman–Crippen MR) is 114 cm³/mol. The average Bonchev–Trinajstić information content (AvgIpc) is 2.94. The van der Waals surface area contributed by atoms with E-state index in [4.69, 9.17) is 47.0 Å². The molecule has 0 atom stereocenters. The molecule has 0 saturated carbocycles. The molecule has 0 spiro atoms. The smallest absolute Gasteiger partial charge is 0.176 e. The molecule has 0 saturated heterocycles. The number of benzene rings is 2. The SMILES string of the molecule is Cc1ccc(NC(=S)Nc2nn(Cc3c(F)cccc3Cl)cc2Cl)cc1Cl. The highest BCUT2D eigenvalue weighted by molar-refractivity contribution is 7.80. The first-order chi connectivity index (χ1) is 12.8. The van der Waals surface area contributed by atoms with E-state index in [2.05, 4.69) is 15.7 Å².